The summed E-state index contributed by atoms with van der Waals surface area (Å²) in [6.07, 6.45) is 1.63. The molecule has 0 saturated carbocycles. The van der Waals surface area contributed by atoms with E-state index in [0.717, 1.165) is 29.7 Å². The molecule has 3 heteroatoms. The minimum atomic E-state index is -0.238. The van der Waals surface area contributed by atoms with Crippen LogP contribution in [0.3, 0.4) is 0 Å². The van der Waals surface area contributed by atoms with Crippen LogP contribution >= 0.6 is 0 Å². The Bertz CT molecular complexity index is 596. The zero-order valence-electron chi connectivity index (χ0n) is 12.5. The molecule has 0 fully saturated rings. The van der Waals surface area contributed by atoms with Crippen molar-refractivity contribution in [2.45, 2.75) is 32.7 Å². The van der Waals surface area contributed by atoms with Crippen LogP contribution in [0.4, 0.5) is 8.78 Å². The molecule has 0 saturated heterocycles. The first-order chi connectivity index (χ1) is 10.1. The summed E-state index contributed by atoms with van der Waals surface area (Å²) in [5.74, 6) is -0.476. The SMILES string of the molecule is CCCNC(Cc1cccc(F)c1)c1cc(F)ccc1C. The monoisotopic (exact) mass is 289 g/mol. The maximum absolute atomic E-state index is 13.5. The minimum Gasteiger partial charge on any atom is -0.310 e. The van der Waals surface area contributed by atoms with Crippen molar-refractivity contribution in [2.24, 2.45) is 0 Å². The number of halogens is 2. The second-order valence-corrected chi connectivity index (χ2v) is 5.34. The molecule has 0 aliphatic heterocycles. The van der Waals surface area contributed by atoms with Gasteiger partial charge in [0.05, 0.1) is 0 Å². The second-order valence-electron chi connectivity index (χ2n) is 5.34. The smallest absolute Gasteiger partial charge is 0.123 e. The van der Waals surface area contributed by atoms with Gasteiger partial charge in [0.2, 0.25) is 0 Å². The molecular weight excluding hydrogens is 268 g/mol. The topological polar surface area (TPSA) is 12.0 Å². The highest BCUT2D eigenvalue weighted by molar-refractivity contribution is 5.31. The molecule has 0 aromatic heterocycles. The molecule has 1 unspecified atom stereocenters. The Morgan fingerprint density at radius 3 is 2.52 bits per heavy atom. The Balaban J connectivity index is 2.27. The number of rotatable bonds is 6. The summed E-state index contributed by atoms with van der Waals surface area (Å²) in [5, 5.41) is 3.43. The molecule has 0 bridgehead atoms. The van der Waals surface area contributed by atoms with E-state index in [1.54, 1.807) is 18.2 Å². The van der Waals surface area contributed by atoms with Crippen LogP contribution in [-0.4, -0.2) is 6.54 Å². The number of hydrogen-bond donors (Lipinski definition) is 1. The molecule has 0 aliphatic rings. The number of aryl methyl sites for hydroxylation is 1. The molecule has 1 N–H and O–H groups in total. The predicted molar refractivity (Wildman–Crippen MR) is 82.3 cm³/mol. The van der Waals surface area contributed by atoms with Gasteiger partial charge in [0, 0.05) is 6.04 Å². The maximum atomic E-state index is 13.5. The van der Waals surface area contributed by atoms with Gasteiger partial charge in [-0.05, 0) is 67.3 Å². The molecule has 112 valence electrons. The Kier molecular flexibility index (Phi) is 5.45. The van der Waals surface area contributed by atoms with Crippen molar-refractivity contribution in [3.05, 3.63) is 70.8 Å². The summed E-state index contributed by atoms with van der Waals surface area (Å²) in [5.41, 5.74) is 2.89. The number of benzene rings is 2. The van der Waals surface area contributed by atoms with E-state index in [1.807, 2.05) is 13.0 Å². The molecule has 0 amide bonds. The Hall–Kier alpha value is -1.74. The van der Waals surface area contributed by atoms with Crippen LogP contribution in [0.25, 0.3) is 0 Å². The lowest BCUT2D eigenvalue weighted by Gasteiger charge is -2.21. The van der Waals surface area contributed by atoms with Crippen molar-refractivity contribution in [3.8, 4) is 0 Å². The fourth-order valence-electron chi connectivity index (χ4n) is 2.50. The number of hydrogen-bond acceptors (Lipinski definition) is 1. The zero-order valence-corrected chi connectivity index (χ0v) is 12.5. The van der Waals surface area contributed by atoms with Crippen LogP contribution < -0.4 is 5.32 Å². The fourth-order valence-corrected chi connectivity index (χ4v) is 2.50. The molecule has 2 aromatic rings. The standard InChI is InChI=1S/C18H21F2N/c1-3-9-21-18(11-14-5-4-6-15(19)10-14)17-12-16(20)8-7-13(17)2/h4-8,10,12,18,21H,3,9,11H2,1-2H3. The highest BCUT2D eigenvalue weighted by atomic mass is 19.1. The van der Waals surface area contributed by atoms with Crippen molar-refractivity contribution in [1.82, 2.24) is 5.32 Å². The largest absolute Gasteiger partial charge is 0.310 e. The van der Waals surface area contributed by atoms with Crippen molar-refractivity contribution >= 4 is 0 Å². The molecule has 0 heterocycles. The van der Waals surface area contributed by atoms with Crippen molar-refractivity contribution < 1.29 is 8.78 Å². The van der Waals surface area contributed by atoms with Gasteiger partial charge in [-0.2, -0.15) is 0 Å². The molecule has 1 atom stereocenters. The average Bonchev–Trinajstić information content (AvgIpc) is 2.46. The van der Waals surface area contributed by atoms with E-state index in [0.29, 0.717) is 6.42 Å². The van der Waals surface area contributed by atoms with Gasteiger partial charge in [-0.1, -0.05) is 25.1 Å². The van der Waals surface area contributed by atoms with Crippen LogP contribution in [0.5, 0.6) is 0 Å². The first-order valence-corrected chi connectivity index (χ1v) is 7.34. The minimum absolute atomic E-state index is 0.0116. The van der Waals surface area contributed by atoms with Gasteiger partial charge in [-0.15, -0.1) is 0 Å². The van der Waals surface area contributed by atoms with Gasteiger partial charge < -0.3 is 5.32 Å². The Morgan fingerprint density at radius 2 is 1.81 bits per heavy atom. The molecule has 0 radical (unpaired) electrons. The van der Waals surface area contributed by atoms with Crippen LogP contribution in [-0.2, 0) is 6.42 Å². The average molecular weight is 289 g/mol. The van der Waals surface area contributed by atoms with E-state index >= 15 is 0 Å². The second kappa shape index (κ2) is 7.32. The van der Waals surface area contributed by atoms with Crippen LogP contribution in [0, 0.1) is 18.6 Å². The highest BCUT2D eigenvalue weighted by Crippen LogP contribution is 2.23. The van der Waals surface area contributed by atoms with Gasteiger partial charge in [-0.3, -0.25) is 0 Å². The quantitative estimate of drug-likeness (QED) is 0.822. The van der Waals surface area contributed by atoms with E-state index < -0.39 is 0 Å². The number of nitrogens with one attached hydrogen (secondary N) is 1. The van der Waals surface area contributed by atoms with Gasteiger partial charge in [-0.25, -0.2) is 8.78 Å². The van der Waals surface area contributed by atoms with E-state index in [9.17, 15) is 8.78 Å². The molecular formula is C18H21F2N. The third kappa shape index (κ3) is 4.36. The van der Waals surface area contributed by atoms with E-state index in [-0.39, 0.29) is 17.7 Å². The predicted octanol–water partition coefficient (Wildman–Crippen LogP) is 4.56. The lowest BCUT2D eigenvalue weighted by atomic mass is 9.95. The maximum Gasteiger partial charge on any atom is 0.123 e. The van der Waals surface area contributed by atoms with Gasteiger partial charge in [0.15, 0.2) is 0 Å². The van der Waals surface area contributed by atoms with Crippen LogP contribution in [0.1, 0.15) is 36.1 Å². The van der Waals surface area contributed by atoms with Crippen molar-refractivity contribution in [2.75, 3.05) is 6.54 Å². The molecule has 21 heavy (non-hydrogen) atoms. The zero-order chi connectivity index (χ0) is 15.2. The third-order valence-electron chi connectivity index (χ3n) is 3.59. The van der Waals surface area contributed by atoms with Crippen LogP contribution in [0.2, 0.25) is 0 Å². The molecule has 2 aromatic carbocycles. The van der Waals surface area contributed by atoms with E-state index in [2.05, 4.69) is 12.2 Å². The lowest BCUT2D eigenvalue weighted by molar-refractivity contribution is 0.520. The van der Waals surface area contributed by atoms with Crippen LogP contribution in [0.15, 0.2) is 42.5 Å². The molecule has 0 spiro atoms. The normalized spacial score (nSPS) is 12.4. The summed E-state index contributed by atoms with van der Waals surface area (Å²) >= 11 is 0. The first-order valence-electron chi connectivity index (χ1n) is 7.34. The van der Waals surface area contributed by atoms with Crippen molar-refractivity contribution in [3.63, 3.8) is 0 Å². The van der Waals surface area contributed by atoms with Gasteiger partial charge in [0.1, 0.15) is 11.6 Å². The summed E-state index contributed by atoms with van der Waals surface area (Å²) in [6.45, 7) is 4.90. The van der Waals surface area contributed by atoms with Gasteiger partial charge in [0.25, 0.3) is 0 Å². The van der Waals surface area contributed by atoms with Gasteiger partial charge >= 0.3 is 0 Å². The molecule has 0 aliphatic carbocycles. The van der Waals surface area contributed by atoms with Crippen molar-refractivity contribution in [1.29, 1.82) is 0 Å². The summed E-state index contributed by atoms with van der Waals surface area (Å²) in [4.78, 5) is 0. The van der Waals surface area contributed by atoms with E-state index in [4.69, 9.17) is 0 Å². The Labute approximate surface area is 125 Å². The molecule has 2 rings (SSSR count). The lowest BCUT2D eigenvalue weighted by Crippen LogP contribution is -2.25. The summed E-state index contributed by atoms with van der Waals surface area (Å²) in [7, 11) is 0. The Morgan fingerprint density at radius 1 is 1.05 bits per heavy atom. The highest BCUT2D eigenvalue weighted by Gasteiger charge is 2.15. The first kappa shape index (κ1) is 15.6. The third-order valence-corrected chi connectivity index (χ3v) is 3.59. The summed E-state index contributed by atoms with van der Waals surface area (Å²) in [6, 6.07) is 11.4. The fraction of sp³-hybridized carbons (Fsp3) is 0.333. The van der Waals surface area contributed by atoms with E-state index in [1.165, 1.54) is 18.2 Å². The molecule has 1 nitrogen and oxygen atoms in total. The summed E-state index contributed by atoms with van der Waals surface area (Å²) < 4.78 is 26.9.